The second kappa shape index (κ2) is 3.55. The lowest BCUT2D eigenvalue weighted by Gasteiger charge is -2.24. The fourth-order valence-corrected chi connectivity index (χ4v) is 3.03. The van der Waals surface area contributed by atoms with Crippen LogP contribution in [0.1, 0.15) is 27.2 Å². The van der Waals surface area contributed by atoms with E-state index in [-0.39, 0.29) is 6.04 Å². The molecule has 1 fully saturated rings. The van der Waals surface area contributed by atoms with Crippen LogP contribution in [0, 0.1) is 0 Å². The van der Waals surface area contributed by atoms with Gasteiger partial charge in [-0.2, -0.15) is 4.31 Å². The average Bonchev–Trinajstić information content (AvgIpc) is 2.33. The third-order valence-electron chi connectivity index (χ3n) is 2.58. The van der Waals surface area contributed by atoms with Crippen LogP contribution in [-0.4, -0.2) is 41.8 Å². The smallest absolute Gasteiger partial charge is 0.216 e. The van der Waals surface area contributed by atoms with E-state index in [1.807, 2.05) is 0 Å². The molecular formula is C8H17NO3S. The van der Waals surface area contributed by atoms with Gasteiger partial charge in [-0.1, -0.05) is 0 Å². The van der Waals surface area contributed by atoms with Crippen molar-refractivity contribution < 1.29 is 13.5 Å². The molecule has 0 aromatic rings. The van der Waals surface area contributed by atoms with E-state index < -0.39 is 21.4 Å². The van der Waals surface area contributed by atoms with Crippen molar-refractivity contribution in [1.82, 2.24) is 4.31 Å². The van der Waals surface area contributed by atoms with Gasteiger partial charge in [0.05, 0.1) is 11.4 Å². The van der Waals surface area contributed by atoms with Crippen LogP contribution in [0.15, 0.2) is 0 Å². The minimum Gasteiger partial charge on any atom is -0.391 e. The predicted molar refractivity (Wildman–Crippen MR) is 50.8 cm³/mol. The summed E-state index contributed by atoms with van der Waals surface area (Å²) in [6.07, 6.45) is 0.0427. The third kappa shape index (κ3) is 1.87. The van der Waals surface area contributed by atoms with Crippen molar-refractivity contribution in [2.45, 2.75) is 44.6 Å². The Labute approximate surface area is 79.6 Å². The molecule has 0 unspecified atom stereocenters. The highest BCUT2D eigenvalue weighted by molar-refractivity contribution is 7.89. The average molecular weight is 207 g/mol. The van der Waals surface area contributed by atoms with Gasteiger partial charge < -0.3 is 5.11 Å². The molecule has 0 radical (unpaired) electrons. The Morgan fingerprint density at radius 1 is 1.46 bits per heavy atom. The van der Waals surface area contributed by atoms with Gasteiger partial charge in [-0.3, -0.25) is 0 Å². The van der Waals surface area contributed by atoms with E-state index in [2.05, 4.69) is 0 Å². The van der Waals surface area contributed by atoms with E-state index in [9.17, 15) is 13.5 Å². The van der Waals surface area contributed by atoms with Crippen LogP contribution in [0.5, 0.6) is 0 Å². The summed E-state index contributed by atoms with van der Waals surface area (Å²) < 4.78 is 24.8. The van der Waals surface area contributed by atoms with Crippen molar-refractivity contribution in [3.05, 3.63) is 0 Å². The van der Waals surface area contributed by atoms with Crippen molar-refractivity contribution in [3.63, 3.8) is 0 Å². The first-order valence-corrected chi connectivity index (χ1v) is 6.06. The molecule has 1 rings (SSSR count). The van der Waals surface area contributed by atoms with Crippen molar-refractivity contribution in [3.8, 4) is 0 Å². The summed E-state index contributed by atoms with van der Waals surface area (Å²) in [5.41, 5.74) is 0. The van der Waals surface area contributed by atoms with Gasteiger partial charge >= 0.3 is 0 Å². The molecule has 0 amide bonds. The van der Waals surface area contributed by atoms with Gasteiger partial charge in [0.2, 0.25) is 10.0 Å². The number of aliphatic hydroxyl groups is 1. The maximum atomic E-state index is 11.7. The standard InChI is InChI=1S/C8H17NO3S/c1-6(2)13(11,12)9-5-4-8(10)7(9)3/h6-8,10H,4-5H2,1-3H3/t7-,8+/m0/s1. The van der Waals surface area contributed by atoms with Gasteiger partial charge in [-0.25, -0.2) is 8.42 Å². The molecule has 78 valence electrons. The fourth-order valence-electron chi connectivity index (χ4n) is 1.53. The molecular weight excluding hydrogens is 190 g/mol. The molecule has 2 atom stereocenters. The summed E-state index contributed by atoms with van der Waals surface area (Å²) in [6.45, 7) is 5.51. The van der Waals surface area contributed by atoms with Crippen LogP contribution in [-0.2, 0) is 10.0 Å². The van der Waals surface area contributed by atoms with Crippen molar-refractivity contribution >= 4 is 10.0 Å². The lowest BCUT2D eigenvalue weighted by molar-refractivity contribution is 0.150. The minimum atomic E-state index is -3.19. The highest BCUT2D eigenvalue weighted by Crippen LogP contribution is 2.23. The number of nitrogens with zero attached hydrogens (tertiary/aromatic N) is 1. The van der Waals surface area contributed by atoms with Crippen molar-refractivity contribution in [2.24, 2.45) is 0 Å². The Bertz CT molecular complexity index is 273. The normalized spacial score (nSPS) is 31.5. The van der Waals surface area contributed by atoms with Gasteiger partial charge in [0, 0.05) is 12.6 Å². The number of rotatable bonds is 2. The zero-order valence-electron chi connectivity index (χ0n) is 8.27. The summed E-state index contributed by atoms with van der Waals surface area (Å²) in [6, 6.07) is -0.271. The molecule has 4 nitrogen and oxygen atoms in total. The monoisotopic (exact) mass is 207 g/mol. The lowest BCUT2D eigenvalue weighted by Crippen LogP contribution is -2.41. The van der Waals surface area contributed by atoms with E-state index in [4.69, 9.17) is 0 Å². The minimum absolute atomic E-state index is 0.271. The van der Waals surface area contributed by atoms with Crippen molar-refractivity contribution in [1.29, 1.82) is 0 Å². The number of hydrogen-bond donors (Lipinski definition) is 1. The van der Waals surface area contributed by atoms with Crippen molar-refractivity contribution in [2.75, 3.05) is 6.54 Å². The van der Waals surface area contributed by atoms with E-state index >= 15 is 0 Å². The molecule has 1 heterocycles. The number of sulfonamides is 1. The Morgan fingerprint density at radius 3 is 2.31 bits per heavy atom. The zero-order chi connectivity index (χ0) is 10.2. The van der Waals surface area contributed by atoms with Gasteiger partial charge in [0.25, 0.3) is 0 Å². The summed E-state index contributed by atoms with van der Waals surface area (Å²) in [7, 11) is -3.19. The van der Waals surface area contributed by atoms with E-state index in [1.165, 1.54) is 4.31 Å². The number of hydrogen-bond acceptors (Lipinski definition) is 3. The molecule has 13 heavy (non-hydrogen) atoms. The molecule has 5 heteroatoms. The molecule has 0 bridgehead atoms. The van der Waals surface area contributed by atoms with E-state index in [1.54, 1.807) is 20.8 Å². The summed E-state index contributed by atoms with van der Waals surface area (Å²) in [4.78, 5) is 0. The first-order valence-electron chi connectivity index (χ1n) is 4.56. The van der Waals surface area contributed by atoms with Crippen LogP contribution in [0.25, 0.3) is 0 Å². The van der Waals surface area contributed by atoms with Gasteiger partial charge in [0.1, 0.15) is 0 Å². The quantitative estimate of drug-likeness (QED) is 0.702. The summed E-state index contributed by atoms with van der Waals surface area (Å²) in [5.74, 6) is 0. The molecule has 0 aliphatic carbocycles. The first kappa shape index (κ1) is 10.9. The maximum Gasteiger partial charge on any atom is 0.216 e. The summed E-state index contributed by atoms with van der Waals surface area (Å²) in [5, 5.41) is 9.00. The predicted octanol–water partition coefficient (Wildman–Crippen LogP) is 0.180. The lowest BCUT2D eigenvalue weighted by atomic mass is 10.2. The first-order chi connectivity index (χ1) is 5.87. The SMILES string of the molecule is CC(C)S(=O)(=O)N1CC[C@@H](O)[C@@H]1C. The number of aliphatic hydroxyl groups excluding tert-OH is 1. The van der Waals surface area contributed by atoms with E-state index in [0.29, 0.717) is 13.0 Å². The third-order valence-corrected chi connectivity index (χ3v) is 4.94. The second-order valence-electron chi connectivity index (χ2n) is 3.80. The summed E-state index contributed by atoms with van der Waals surface area (Å²) >= 11 is 0. The van der Waals surface area contributed by atoms with Crippen LogP contribution in [0.2, 0.25) is 0 Å². The molecule has 0 aromatic heterocycles. The maximum absolute atomic E-state index is 11.7. The molecule has 1 aliphatic rings. The van der Waals surface area contributed by atoms with Crippen LogP contribution >= 0.6 is 0 Å². The molecule has 1 aliphatic heterocycles. The highest BCUT2D eigenvalue weighted by Gasteiger charge is 2.38. The largest absolute Gasteiger partial charge is 0.391 e. The van der Waals surface area contributed by atoms with Crippen LogP contribution < -0.4 is 0 Å². The molecule has 1 N–H and O–H groups in total. The molecule has 1 saturated heterocycles. The Kier molecular flexibility index (Phi) is 2.99. The Balaban J connectivity index is 2.86. The van der Waals surface area contributed by atoms with Crippen LogP contribution in [0.3, 0.4) is 0 Å². The molecule has 0 spiro atoms. The second-order valence-corrected chi connectivity index (χ2v) is 6.24. The van der Waals surface area contributed by atoms with Gasteiger partial charge in [-0.05, 0) is 27.2 Å². The molecule has 0 saturated carbocycles. The fraction of sp³-hybridized carbons (Fsp3) is 1.00. The van der Waals surface area contributed by atoms with E-state index in [0.717, 1.165) is 0 Å². The van der Waals surface area contributed by atoms with Gasteiger partial charge in [-0.15, -0.1) is 0 Å². The van der Waals surface area contributed by atoms with Crippen LogP contribution in [0.4, 0.5) is 0 Å². The Morgan fingerprint density at radius 2 is 2.00 bits per heavy atom. The highest BCUT2D eigenvalue weighted by atomic mass is 32.2. The zero-order valence-corrected chi connectivity index (χ0v) is 9.08. The molecule has 0 aromatic carbocycles. The Hall–Kier alpha value is -0.130. The van der Waals surface area contributed by atoms with Gasteiger partial charge in [0.15, 0.2) is 0 Å². The topological polar surface area (TPSA) is 57.6 Å².